The molecule has 0 spiro atoms. The summed E-state index contributed by atoms with van der Waals surface area (Å²) in [7, 11) is 0. The van der Waals surface area contributed by atoms with Gasteiger partial charge >= 0.3 is 0 Å². The molecule has 1 heterocycles. The molecule has 0 unspecified atom stereocenters. The van der Waals surface area contributed by atoms with Gasteiger partial charge in [0, 0.05) is 0 Å². The lowest BCUT2D eigenvalue weighted by atomic mass is 10.2. The topological polar surface area (TPSA) is 70.8 Å². The Morgan fingerprint density at radius 1 is 1.38 bits per heavy atom. The molecular weight excluding hydrogens is 206 g/mol. The lowest BCUT2D eigenvalue weighted by molar-refractivity contribution is -0.255. The average molecular weight is 216 g/mol. The van der Waals surface area contributed by atoms with Gasteiger partial charge < -0.3 is 9.90 Å². The summed E-state index contributed by atoms with van der Waals surface area (Å²) in [4.78, 5) is 10.7. The molecule has 0 aliphatic heterocycles. The smallest absolute Gasteiger partial charge is 0.131 e. The van der Waals surface area contributed by atoms with Gasteiger partial charge in [-0.25, -0.2) is 4.68 Å². The number of carbonyl (C=O) groups is 1. The molecule has 0 saturated carbocycles. The molecule has 5 nitrogen and oxygen atoms in total. The van der Waals surface area contributed by atoms with E-state index in [0.717, 1.165) is 5.56 Å². The van der Waals surface area contributed by atoms with Gasteiger partial charge in [0.2, 0.25) is 0 Å². The van der Waals surface area contributed by atoms with Crippen LogP contribution in [0.4, 0.5) is 0 Å². The van der Waals surface area contributed by atoms with Gasteiger partial charge in [0.05, 0.1) is 18.2 Å². The van der Waals surface area contributed by atoms with Crippen molar-refractivity contribution in [3.05, 3.63) is 47.3 Å². The summed E-state index contributed by atoms with van der Waals surface area (Å²) in [6, 6.07) is 9.65. The first-order valence-electron chi connectivity index (χ1n) is 4.84. The van der Waals surface area contributed by atoms with E-state index in [0.29, 0.717) is 12.2 Å². The molecule has 0 aliphatic carbocycles. The van der Waals surface area contributed by atoms with Crippen LogP contribution in [0.2, 0.25) is 0 Å². The third kappa shape index (κ3) is 1.93. The second-order valence-electron chi connectivity index (χ2n) is 3.45. The van der Waals surface area contributed by atoms with Gasteiger partial charge in [-0.1, -0.05) is 35.5 Å². The van der Waals surface area contributed by atoms with Gasteiger partial charge in [-0.2, -0.15) is 0 Å². The third-order valence-electron chi connectivity index (χ3n) is 2.35. The quantitative estimate of drug-likeness (QED) is 0.724. The van der Waals surface area contributed by atoms with E-state index in [9.17, 15) is 9.90 Å². The second kappa shape index (κ2) is 4.14. The lowest BCUT2D eigenvalue weighted by Crippen LogP contribution is -2.23. The van der Waals surface area contributed by atoms with Crippen LogP contribution in [0.15, 0.2) is 30.3 Å². The molecule has 0 amide bonds. The fraction of sp³-hybridized carbons (Fsp3) is 0.182. The van der Waals surface area contributed by atoms with E-state index in [-0.39, 0.29) is 5.69 Å². The molecule has 5 heteroatoms. The highest BCUT2D eigenvalue weighted by Gasteiger charge is 2.08. The highest BCUT2D eigenvalue weighted by Crippen LogP contribution is 2.06. The van der Waals surface area contributed by atoms with Gasteiger partial charge in [0.15, 0.2) is 0 Å². The van der Waals surface area contributed by atoms with E-state index < -0.39 is 5.97 Å². The molecule has 0 saturated heterocycles. The Kier molecular flexibility index (Phi) is 2.68. The maximum atomic E-state index is 10.7. The molecule has 0 fully saturated rings. The van der Waals surface area contributed by atoms with E-state index in [2.05, 4.69) is 10.3 Å². The summed E-state index contributed by atoms with van der Waals surface area (Å²) in [5, 5.41) is 18.0. The Labute approximate surface area is 92.3 Å². The summed E-state index contributed by atoms with van der Waals surface area (Å²) in [6.07, 6.45) is 0. The predicted octanol–water partition coefficient (Wildman–Crippen LogP) is -0.00168. The predicted molar refractivity (Wildman–Crippen MR) is 54.6 cm³/mol. The molecule has 1 aromatic heterocycles. The molecule has 0 atom stereocenters. The van der Waals surface area contributed by atoms with Crippen LogP contribution in [-0.2, 0) is 6.54 Å². The van der Waals surface area contributed by atoms with Crippen LogP contribution in [0.1, 0.15) is 21.7 Å². The molecule has 16 heavy (non-hydrogen) atoms. The van der Waals surface area contributed by atoms with Gasteiger partial charge in [0.25, 0.3) is 0 Å². The summed E-state index contributed by atoms with van der Waals surface area (Å²) < 4.78 is 1.54. The largest absolute Gasteiger partial charge is 0.543 e. The van der Waals surface area contributed by atoms with E-state index in [1.54, 1.807) is 11.6 Å². The molecule has 1 aromatic carbocycles. The number of hydrogen-bond acceptors (Lipinski definition) is 4. The minimum Gasteiger partial charge on any atom is -0.543 e. The summed E-state index contributed by atoms with van der Waals surface area (Å²) >= 11 is 0. The Hall–Kier alpha value is -2.17. The normalized spacial score (nSPS) is 10.3. The van der Waals surface area contributed by atoms with Crippen molar-refractivity contribution in [2.45, 2.75) is 13.5 Å². The van der Waals surface area contributed by atoms with Crippen LogP contribution in [0.3, 0.4) is 0 Å². The molecule has 0 bridgehead atoms. The molecule has 2 aromatic rings. The van der Waals surface area contributed by atoms with Crippen molar-refractivity contribution in [3.8, 4) is 0 Å². The maximum Gasteiger partial charge on any atom is 0.131 e. The highest BCUT2D eigenvalue weighted by atomic mass is 16.4. The zero-order valence-corrected chi connectivity index (χ0v) is 8.75. The second-order valence-corrected chi connectivity index (χ2v) is 3.45. The van der Waals surface area contributed by atoms with Crippen molar-refractivity contribution in [3.63, 3.8) is 0 Å². The maximum absolute atomic E-state index is 10.7. The number of hydrogen-bond donors (Lipinski definition) is 0. The molecule has 0 N–H and O–H groups in total. The average Bonchev–Trinajstić information content (AvgIpc) is 2.62. The first-order chi connectivity index (χ1) is 7.68. The molecule has 2 rings (SSSR count). The summed E-state index contributed by atoms with van der Waals surface area (Å²) in [6.45, 7) is 2.17. The van der Waals surface area contributed by atoms with Crippen LogP contribution < -0.4 is 5.11 Å². The first kappa shape index (κ1) is 10.4. The fourth-order valence-corrected chi connectivity index (χ4v) is 1.46. The van der Waals surface area contributed by atoms with E-state index in [4.69, 9.17) is 0 Å². The lowest BCUT2D eigenvalue weighted by Gasteiger charge is -2.04. The van der Waals surface area contributed by atoms with Crippen LogP contribution >= 0.6 is 0 Å². The zero-order chi connectivity index (χ0) is 11.5. The van der Waals surface area contributed by atoms with Crippen molar-refractivity contribution in [1.29, 1.82) is 0 Å². The molecule has 82 valence electrons. The van der Waals surface area contributed by atoms with Gasteiger partial charge in [-0.05, 0) is 12.5 Å². The SMILES string of the molecule is Cc1c(C(=O)[O-])nnn1Cc1ccccc1. The Morgan fingerprint density at radius 2 is 2.06 bits per heavy atom. The first-order valence-corrected chi connectivity index (χ1v) is 4.84. The minimum atomic E-state index is -1.29. The third-order valence-corrected chi connectivity index (χ3v) is 2.35. The number of rotatable bonds is 3. The van der Waals surface area contributed by atoms with Gasteiger partial charge in [-0.3, -0.25) is 0 Å². The molecular formula is C11H10N3O2-. The van der Waals surface area contributed by atoms with E-state index in [1.165, 1.54) is 0 Å². The minimum absolute atomic E-state index is 0.101. The highest BCUT2D eigenvalue weighted by molar-refractivity contribution is 5.84. The van der Waals surface area contributed by atoms with Crippen LogP contribution in [-0.4, -0.2) is 21.0 Å². The number of carboxylic acids is 1. The van der Waals surface area contributed by atoms with Gasteiger partial charge in [0.1, 0.15) is 5.69 Å². The Morgan fingerprint density at radius 3 is 2.62 bits per heavy atom. The summed E-state index contributed by atoms with van der Waals surface area (Å²) in [5.74, 6) is -1.29. The van der Waals surface area contributed by atoms with Gasteiger partial charge in [-0.15, -0.1) is 5.10 Å². The van der Waals surface area contributed by atoms with Crippen molar-refractivity contribution in [2.75, 3.05) is 0 Å². The number of aromatic carboxylic acids is 1. The number of aromatic nitrogens is 3. The fourth-order valence-electron chi connectivity index (χ4n) is 1.46. The Bertz CT molecular complexity index is 505. The molecule has 0 radical (unpaired) electrons. The Balaban J connectivity index is 2.26. The van der Waals surface area contributed by atoms with Crippen molar-refractivity contribution >= 4 is 5.97 Å². The van der Waals surface area contributed by atoms with E-state index in [1.807, 2.05) is 30.3 Å². The van der Waals surface area contributed by atoms with Crippen LogP contribution in [0.25, 0.3) is 0 Å². The van der Waals surface area contributed by atoms with Crippen LogP contribution in [0.5, 0.6) is 0 Å². The standard InChI is InChI=1S/C11H11N3O2/c1-8-10(11(15)16)12-13-14(8)7-9-5-3-2-4-6-9/h2-6H,7H2,1H3,(H,15,16)/p-1. The van der Waals surface area contributed by atoms with Crippen molar-refractivity contribution in [1.82, 2.24) is 15.0 Å². The number of benzene rings is 1. The number of carboxylic acid groups (broad SMARTS) is 1. The number of nitrogens with zero attached hydrogens (tertiary/aromatic N) is 3. The monoisotopic (exact) mass is 216 g/mol. The van der Waals surface area contributed by atoms with Crippen LogP contribution in [0, 0.1) is 6.92 Å². The zero-order valence-electron chi connectivity index (χ0n) is 8.75. The van der Waals surface area contributed by atoms with Crippen molar-refractivity contribution < 1.29 is 9.90 Å². The van der Waals surface area contributed by atoms with Crippen molar-refractivity contribution in [2.24, 2.45) is 0 Å². The number of carbonyl (C=O) groups excluding carboxylic acids is 1. The van der Waals surface area contributed by atoms with E-state index >= 15 is 0 Å². The summed E-state index contributed by atoms with van der Waals surface area (Å²) in [5.41, 5.74) is 1.44. The molecule has 0 aliphatic rings.